The van der Waals surface area contributed by atoms with Crippen LogP contribution in [0.25, 0.3) is 0 Å². The minimum absolute atomic E-state index is 0.0578. The predicted octanol–water partition coefficient (Wildman–Crippen LogP) is 2.30. The molecule has 3 N–H and O–H groups in total. The Morgan fingerprint density at radius 1 is 1.41 bits per heavy atom. The second kappa shape index (κ2) is 6.91. The standard InChI is InChI=1S/C13H20N2O2/c1-3-4-7-17-9-11-8-10(13(14)15)5-6-12(11)16-2/h5-6,8H,3-4,7,9H2,1-2H3,(H3,14,15). The second-order valence-corrected chi connectivity index (χ2v) is 3.85. The fourth-order valence-corrected chi connectivity index (χ4v) is 1.49. The summed E-state index contributed by atoms with van der Waals surface area (Å²) in [6, 6.07) is 5.43. The third kappa shape index (κ3) is 4.07. The van der Waals surface area contributed by atoms with Gasteiger partial charge in [0.05, 0.1) is 13.7 Å². The van der Waals surface area contributed by atoms with Crippen LogP contribution in [-0.2, 0) is 11.3 Å². The SMILES string of the molecule is CCCCOCc1cc(C(=N)N)ccc1OC. The van der Waals surface area contributed by atoms with Crippen molar-refractivity contribution in [3.63, 3.8) is 0 Å². The molecule has 0 spiro atoms. The van der Waals surface area contributed by atoms with Crippen LogP contribution in [0.15, 0.2) is 18.2 Å². The van der Waals surface area contributed by atoms with E-state index >= 15 is 0 Å². The van der Waals surface area contributed by atoms with E-state index in [1.54, 1.807) is 13.2 Å². The molecule has 4 heteroatoms. The second-order valence-electron chi connectivity index (χ2n) is 3.85. The molecule has 0 unspecified atom stereocenters. The lowest BCUT2D eigenvalue weighted by atomic mass is 10.1. The number of amidine groups is 1. The van der Waals surface area contributed by atoms with E-state index in [-0.39, 0.29) is 5.84 Å². The minimum atomic E-state index is 0.0578. The van der Waals surface area contributed by atoms with Gasteiger partial charge in [-0.3, -0.25) is 5.41 Å². The van der Waals surface area contributed by atoms with Crippen molar-refractivity contribution in [3.05, 3.63) is 29.3 Å². The molecule has 0 radical (unpaired) electrons. The number of hydrogen-bond acceptors (Lipinski definition) is 3. The molecule has 0 atom stereocenters. The highest BCUT2D eigenvalue weighted by Crippen LogP contribution is 2.20. The van der Waals surface area contributed by atoms with Gasteiger partial charge in [-0.1, -0.05) is 13.3 Å². The lowest BCUT2D eigenvalue weighted by Crippen LogP contribution is -2.11. The first kappa shape index (κ1) is 13.5. The summed E-state index contributed by atoms with van der Waals surface area (Å²) in [6.07, 6.45) is 2.17. The number of nitrogens with one attached hydrogen (secondary N) is 1. The van der Waals surface area contributed by atoms with Gasteiger partial charge >= 0.3 is 0 Å². The Hall–Kier alpha value is -1.55. The molecule has 0 aliphatic heterocycles. The highest BCUT2D eigenvalue weighted by molar-refractivity contribution is 5.95. The zero-order chi connectivity index (χ0) is 12.7. The fraction of sp³-hybridized carbons (Fsp3) is 0.462. The molecule has 1 aromatic rings. The summed E-state index contributed by atoms with van der Waals surface area (Å²) in [5.74, 6) is 0.828. The van der Waals surface area contributed by atoms with Crippen LogP contribution in [0.3, 0.4) is 0 Å². The molecular formula is C13H20N2O2. The van der Waals surface area contributed by atoms with Crippen molar-refractivity contribution < 1.29 is 9.47 Å². The first-order chi connectivity index (χ1) is 8.19. The zero-order valence-corrected chi connectivity index (χ0v) is 10.5. The maximum absolute atomic E-state index is 7.40. The maximum atomic E-state index is 7.40. The predicted molar refractivity (Wildman–Crippen MR) is 68.6 cm³/mol. The van der Waals surface area contributed by atoms with Crippen LogP contribution >= 0.6 is 0 Å². The molecule has 17 heavy (non-hydrogen) atoms. The van der Waals surface area contributed by atoms with Crippen molar-refractivity contribution in [3.8, 4) is 5.75 Å². The van der Waals surface area contributed by atoms with Crippen LogP contribution in [0.5, 0.6) is 5.75 Å². The molecule has 0 saturated carbocycles. The van der Waals surface area contributed by atoms with Crippen molar-refractivity contribution in [2.45, 2.75) is 26.4 Å². The van der Waals surface area contributed by atoms with E-state index in [0.717, 1.165) is 30.8 Å². The smallest absolute Gasteiger partial charge is 0.124 e. The number of rotatable bonds is 7. The summed E-state index contributed by atoms with van der Waals surface area (Å²) in [6.45, 7) is 3.36. The van der Waals surface area contributed by atoms with Crippen LogP contribution < -0.4 is 10.5 Å². The normalized spacial score (nSPS) is 10.2. The summed E-state index contributed by atoms with van der Waals surface area (Å²) >= 11 is 0. The molecule has 94 valence electrons. The number of nitrogens with two attached hydrogens (primary N) is 1. The lowest BCUT2D eigenvalue weighted by molar-refractivity contribution is 0.116. The minimum Gasteiger partial charge on any atom is -0.496 e. The molecule has 1 rings (SSSR count). The van der Waals surface area contributed by atoms with E-state index in [4.69, 9.17) is 20.6 Å². The van der Waals surface area contributed by atoms with Crippen LogP contribution in [0.1, 0.15) is 30.9 Å². The van der Waals surface area contributed by atoms with Crippen molar-refractivity contribution in [1.29, 1.82) is 5.41 Å². The number of benzene rings is 1. The molecule has 4 nitrogen and oxygen atoms in total. The summed E-state index contributed by atoms with van der Waals surface area (Å²) < 4.78 is 10.8. The third-order valence-electron chi connectivity index (χ3n) is 2.49. The Morgan fingerprint density at radius 3 is 2.76 bits per heavy atom. The average Bonchev–Trinajstić information content (AvgIpc) is 2.34. The fourth-order valence-electron chi connectivity index (χ4n) is 1.49. The van der Waals surface area contributed by atoms with Crippen molar-refractivity contribution in [2.24, 2.45) is 5.73 Å². The summed E-state index contributed by atoms with van der Waals surface area (Å²) in [5.41, 5.74) is 7.07. The molecule has 0 bridgehead atoms. The van der Waals surface area contributed by atoms with Crippen molar-refractivity contribution in [2.75, 3.05) is 13.7 Å². The summed E-state index contributed by atoms with van der Waals surface area (Å²) in [7, 11) is 1.62. The number of methoxy groups -OCH3 is 1. The lowest BCUT2D eigenvalue weighted by Gasteiger charge is -2.10. The highest BCUT2D eigenvalue weighted by atomic mass is 16.5. The van der Waals surface area contributed by atoms with Gasteiger partial charge in [0.15, 0.2) is 0 Å². The van der Waals surface area contributed by atoms with Crippen LogP contribution in [-0.4, -0.2) is 19.6 Å². The Kier molecular flexibility index (Phi) is 5.49. The highest BCUT2D eigenvalue weighted by Gasteiger charge is 2.06. The molecule has 0 heterocycles. The van der Waals surface area contributed by atoms with Crippen molar-refractivity contribution >= 4 is 5.84 Å². The molecular weight excluding hydrogens is 216 g/mol. The molecule has 0 amide bonds. The number of unbranched alkanes of at least 4 members (excludes halogenated alkanes) is 1. The van der Waals surface area contributed by atoms with E-state index in [0.29, 0.717) is 12.2 Å². The van der Waals surface area contributed by atoms with Crippen LogP contribution in [0.2, 0.25) is 0 Å². The Bertz CT molecular complexity index is 378. The number of hydrogen-bond donors (Lipinski definition) is 2. The van der Waals surface area contributed by atoms with Gasteiger partial charge in [0, 0.05) is 17.7 Å². The average molecular weight is 236 g/mol. The zero-order valence-electron chi connectivity index (χ0n) is 10.5. The molecule has 0 aliphatic rings. The Labute approximate surface area is 102 Å². The van der Waals surface area contributed by atoms with Gasteiger partial charge in [0.25, 0.3) is 0 Å². The van der Waals surface area contributed by atoms with E-state index in [1.165, 1.54) is 0 Å². The molecule has 0 aliphatic carbocycles. The van der Waals surface area contributed by atoms with Gasteiger partial charge in [0.2, 0.25) is 0 Å². The maximum Gasteiger partial charge on any atom is 0.124 e. The first-order valence-corrected chi connectivity index (χ1v) is 5.78. The topological polar surface area (TPSA) is 68.3 Å². The summed E-state index contributed by atoms with van der Waals surface area (Å²) in [5, 5.41) is 7.40. The van der Waals surface area contributed by atoms with Crippen LogP contribution in [0.4, 0.5) is 0 Å². The van der Waals surface area contributed by atoms with E-state index < -0.39 is 0 Å². The van der Waals surface area contributed by atoms with E-state index in [9.17, 15) is 0 Å². The third-order valence-corrected chi connectivity index (χ3v) is 2.49. The Morgan fingerprint density at radius 2 is 2.18 bits per heavy atom. The molecule has 0 aromatic heterocycles. The van der Waals surface area contributed by atoms with E-state index in [1.807, 2.05) is 12.1 Å². The van der Waals surface area contributed by atoms with Crippen LogP contribution in [0, 0.1) is 5.41 Å². The van der Waals surface area contributed by atoms with Gasteiger partial charge in [-0.05, 0) is 24.6 Å². The molecule has 0 fully saturated rings. The molecule has 1 aromatic carbocycles. The number of ether oxygens (including phenoxy) is 2. The van der Waals surface area contributed by atoms with Gasteiger partial charge < -0.3 is 15.2 Å². The Balaban J connectivity index is 2.72. The number of nitrogen functional groups attached to an aromatic ring is 1. The van der Waals surface area contributed by atoms with Crippen molar-refractivity contribution in [1.82, 2.24) is 0 Å². The van der Waals surface area contributed by atoms with Gasteiger partial charge in [0.1, 0.15) is 11.6 Å². The first-order valence-electron chi connectivity index (χ1n) is 5.78. The monoisotopic (exact) mass is 236 g/mol. The quantitative estimate of drug-likeness (QED) is 0.433. The van der Waals surface area contributed by atoms with Gasteiger partial charge in [-0.15, -0.1) is 0 Å². The largest absolute Gasteiger partial charge is 0.496 e. The van der Waals surface area contributed by atoms with Gasteiger partial charge in [-0.2, -0.15) is 0 Å². The van der Waals surface area contributed by atoms with E-state index in [2.05, 4.69) is 6.92 Å². The van der Waals surface area contributed by atoms with Gasteiger partial charge in [-0.25, -0.2) is 0 Å². The molecule has 0 saturated heterocycles. The summed E-state index contributed by atoms with van der Waals surface area (Å²) in [4.78, 5) is 0.